The first-order chi connectivity index (χ1) is 4.58. The molecule has 0 aromatic rings. The van der Waals surface area contributed by atoms with Crippen molar-refractivity contribution in [1.29, 1.82) is 0 Å². The summed E-state index contributed by atoms with van der Waals surface area (Å²) in [6.07, 6.45) is 13.8. The standard InChI is InChI=1S/C9H18S/c1-10(2,3)8-7-9-5-4-6-9/h7H,4-6,8H2,1-3H3. The second-order valence-electron chi connectivity index (χ2n) is 3.97. The number of allylic oxidation sites excluding steroid dienone is 1. The molecule has 0 radical (unpaired) electrons. The van der Waals surface area contributed by atoms with Crippen LogP contribution in [-0.4, -0.2) is 24.5 Å². The lowest BCUT2D eigenvalue weighted by molar-refractivity contribution is 0.661. The van der Waals surface area contributed by atoms with Crippen LogP contribution in [0.1, 0.15) is 19.3 Å². The Bertz CT molecular complexity index is 133. The minimum Gasteiger partial charge on any atom is -0.246 e. The number of hydrogen-bond acceptors (Lipinski definition) is 0. The molecule has 0 atom stereocenters. The molecule has 1 rings (SSSR count). The summed E-state index contributed by atoms with van der Waals surface area (Å²) in [5.41, 5.74) is 1.71. The minimum atomic E-state index is -0.272. The van der Waals surface area contributed by atoms with Gasteiger partial charge in [-0.1, -0.05) is 11.6 Å². The zero-order valence-electron chi connectivity index (χ0n) is 7.31. The first-order valence-electron chi connectivity index (χ1n) is 3.92. The van der Waals surface area contributed by atoms with Crippen molar-refractivity contribution in [2.45, 2.75) is 19.3 Å². The van der Waals surface area contributed by atoms with Gasteiger partial charge in [0.15, 0.2) is 0 Å². The summed E-state index contributed by atoms with van der Waals surface area (Å²) in [6.45, 7) is 0. The maximum atomic E-state index is 2.47. The van der Waals surface area contributed by atoms with E-state index in [9.17, 15) is 0 Å². The maximum Gasteiger partial charge on any atom is -0.00511 e. The normalized spacial score (nSPS) is 20.1. The molecule has 0 heterocycles. The average molecular weight is 158 g/mol. The van der Waals surface area contributed by atoms with Crippen LogP contribution < -0.4 is 0 Å². The van der Waals surface area contributed by atoms with Crippen molar-refractivity contribution in [2.75, 3.05) is 24.5 Å². The summed E-state index contributed by atoms with van der Waals surface area (Å²) in [6, 6.07) is 0. The van der Waals surface area contributed by atoms with Crippen LogP contribution >= 0.6 is 10.0 Å². The van der Waals surface area contributed by atoms with Gasteiger partial charge in [-0.05, 0) is 43.8 Å². The van der Waals surface area contributed by atoms with E-state index in [1.54, 1.807) is 5.57 Å². The van der Waals surface area contributed by atoms with Gasteiger partial charge in [0, 0.05) is 0 Å². The SMILES string of the molecule is CS(C)(C)CC=C1CCC1. The Morgan fingerprint density at radius 3 is 2.20 bits per heavy atom. The predicted molar refractivity (Wildman–Crippen MR) is 52.2 cm³/mol. The zero-order valence-corrected chi connectivity index (χ0v) is 8.13. The summed E-state index contributed by atoms with van der Waals surface area (Å²) in [7, 11) is -0.272. The molecule has 10 heavy (non-hydrogen) atoms. The fourth-order valence-electron chi connectivity index (χ4n) is 0.953. The van der Waals surface area contributed by atoms with Crippen molar-refractivity contribution >= 4 is 10.0 Å². The molecule has 0 aromatic carbocycles. The summed E-state index contributed by atoms with van der Waals surface area (Å²) in [4.78, 5) is 0. The Kier molecular flexibility index (Phi) is 2.45. The van der Waals surface area contributed by atoms with Gasteiger partial charge < -0.3 is 0 Å². The largest absolute Gasteiger partial charge is 0.246 e. The highest BCUT2D eigenvalue weighted by Gasteiger charge is 2.08. The first kappa shape index (κ1) is 8.19. The Balaban J connectivity index is 2.26. The van der Waals surface area contributed by atoms with Crippen LogP contribution in [0.25, 0.3) is 0 Å². The molecule has 0 unspecified atom stereocenters. The second-order valence-corrected chi connectivity index (χ2v) is 8.49. The lowest BCUT2D eigenvalue weighted by Gasteiger charge is -2.25. The second kappa shape index (κ2) is 3.00. The smallest absolute Gasteiger partial charge is 0.00511 e. The van der Waals surface area contributed by atoms with Gasteiger partial charge in [-0.15, -0.1) is 0 Å². The zero-order chi connectivity index (χ0) is 7.61. The van der Waals surface area contributed by atoms with Crippen LogP contribution in [0.5, 0.6) is 0 Å². The van der Waals surface area contributed by atoms with E-state index in [-0.39, 0.29) is 10.0 Å². The monoisotopic (exact) mass is 158 g/mol. The van der Waals surface area contributed by atoms with Crippen LogP contribution in [-0.2, 0) is 0 Å². The molecule has 0 amide bonds. The van der Waals surface area contributed by atoms with E-state index in [4.69, 9.17) is 0 Å². The highest BCUT2D eigenvalue weighted by molar-refractivity contribution is 8.32. The molecule has 1 heteroatoms. The van der Waals surface area contributed by atoms with Gasteiger partial charge in [-0.25, -0.2) is 10.0 Å². The Hall–Kier alpha value is 0.0900. The van der Waals surface area contributed by atoms with Crippen LogP contribution in [0, 0.1) is 0 Å². The van der Waals surface area contributed by atoms with E-state index < -0.39 is 0 Å². The molecule has 1 aliphatic rings. The van der Waals surface area contributed by atoms with E-state index in [1.807, 2.05) is 0 Å². The predicted octanol–water partition coefficient (Wildman–Crippen LogP) is 2.79. The van der Waals surface area contributed by atoms with E-state index in [1.165, 1.54) is 25.0 Å². The molecule has 0 N–H and O–H groups in total. The molecule has 0 aromatic heterocycles. The van der Waals surface area contributed by atoms with Crippen molar-refractivity contribution in [2.24, 2.45) is 0 Å². The molecule has 1 saturated carbocycles. The molecule has 0 aliphatic heterocycles. The van der Waals surface area contributed by atoms with Crippen LogP contribution in [0.2, 0.25) is 0 Å². The molecule has 1 aliphatic carbocycles. The van der Waals surface area contributed by atoms with E-state index >= 15 is 0 Å². The lowest BCUT2D eigenvalue weighted by atomic mass is 9.93. The molecule has 60 valence electrons. The highest BCUT2D eigenvalue weighted by Crippen LogP contribution is 2.36. The summed E-state index contributed by atoms with van der Waals surface area (Å²) in [5, 5.41) is 0. The van der Waals surface area contributed by atoms with Crippen molar-refractivity contribution < 1.29 is 0 Å². The van der Waals surface area contributed by atoms with Gasteiger partial charge in [0.2, 0.25) is 0 Å². The highest BCUT2D eigenvalue weighted by atomic mass is 32.3. The quantitative estimate of drug-likeness (QED) is 0.542. The van der Waals surface area contributed by atoms with Gasteiger partial charge in [0.1, 0.15) is 0 Å². The molecular formula is C9H18S. The fraction of sp³-hybridized carbons (Fsp3) is 0.778. The Morgan fingerprint density at radius 1 is 1.30 bits per heavy atom. The van der Waals surface area contributed by atoms with Crippen LogP contribution in [0.15, 0.2) is 11.6 Å². The number of rotatable bonds is 2. The minimum absolute atomic E-state index is 0.272. The molecule has 0 saturated heterocycles. The average Bonchev–Trinajstić information content (AvgIpc) is 1.56. The third-order valence-corrected chi connectivity index (χ3v) is 3.03. The molecule has 0 bridgehead atoms. The first-order valence-corrected chi connectivity index (χ1v) is 6.94. The van der Waals surface area contributed by atoms with Crippen LogP contribution in [0.3, 0.4) is 0 Å². The van der Waals surface area contributed by atoms with Gasteiger partial charge in [-0.2, -0.15) is 0 Å². The van der Waals surface area contributed by atoms with Crippen LogP contribution in [0.4, 0.5) is 0 Å². The molecular weight excluding hydrogens is 140 g/mol. The topological polar surface area (TPSA) is 0 Å². The maximum absolute atomic E-state index is 2.47. The van der Waals surface area contributed by atoms with E-state index in [0.29, 0.717) is 0 Å². The Morgan fingerprint density at radius 2 is 1.90 bits per heavy atom. The van der Waals surface area contributed by atoms with E-state index in [2.05, 4.69) is 24.8 Å². The van der Waals surface area contributed by atoms with Crippen molar-refractivity contribution in [3.05, 3.63) is 11.6 Å². The van der Waals surface area contributed by atoms with Crippen molar-refractivity contribution in [3.63, 3.8) is 0 Å². The van der Waals surface area contributed by atoms with Crippen molar-refractivity contribution in [1.82, 2.24) is 0 Å². The molecule has 1 fully saturated rings. The fourth-order valence-corrected chi connectivity index (χ4v) is 1.69. The Labute approximate surface area is 66.0 Å². The van der Waals surface area contributed by atoms with Gasteiger partial charge in [0.05, 0.1) is 0 Å². The van der Waals surface area contributed by atoms with E-state index in [0.717, 1.165) is 0 Å². The summed E-state index contributed by atoms with van der Waals surface area (Å²) >= 11 is 0. The van der Waals surface area contributed by atoms with Gasteiger partial charge in [0.25, 0.3) is 0 Å². The summed E-state index contributed by atoms with van der Waals surface area (Å²) < 4.78 is 0. The lowest BCUT2D eigenvalue weighted by Crippen LogP contribution is -2.01. The third kappa shape index (κ3) is 2.78. The summed E-state index contributed by atoms with van der Waals surface area (Å²) in [5.74, 6) is 1.34. The third-order valence-electron chi connectivity index (χ3n) is 1.87. The molecule has 0 nitrogen and oxygen atoms in total. The number of hydrogen-bond donors (Lipinski definition) is 0. The van der Waals surface area contributed by atoms with Gasteiger partial charge in [-0.3, -0.25) is 0 Å². The molecule has 0 spiro atoms. The van der Waals surface area contributed by atoms with Crippen molar-refractivity contribution in [3.8, 4) is 0 Å². The van der Waals surface area contributed by atoms with Gasteiger partial charge >= 0.3 is 0 Å².